The van der Waals surface area contributed by atoms with Gasteiger partial charge in [0.1, 0.15) is 0 Å². The van der Waals surface area contributed by atoms with Crippen molar-refractivity contribution < 1.29 is 19.1 Å². The minimum atomic E-state index is -0.205. The molecule has 0 spiro atoms. The molecule has 0 aliphatic carbocycles. The van der Waals surface area contributed by atoms with Gasteiger partial charge in [0.15, 0.2) is 17.6 Å². The zero-order valence-corrected chi connectivity index (χ0v) is 18.8. The van der Waals surface area contributed by atoms with Gasteiger partial charge in [0.25, 0.3) is 0 Å². The van der Waals surface area contributed by atoms with Crippen LogP contribution in [-0.2, 0) is 16.2 Å². The van der Waals surface area contributed by atoms with E-state index in [1.807, 2.05) is 47.4 Å². The Morgan fingerprint density at radius 3 is 2.74 bits per heavy atom. The molecule has 2 aliphatic rings. The fraction of sp³-hybridized carbons (Fsp3) is 0.417. The van der Waals surface area contributed by atoms with Gasteiger partial charge in [-0.05, 0) is 41.3 Å². The fourth-order valence-electron chi connectivity index (χ4n) is 3.69. The van der Waals surface area contributed by atoms with Gasteiger partial charge in [-0.1, -0.05) is 49.7 Å². The number of amides is 1. The maximum absolute atomic E-state index is 13.1. The first-order valence-corrected chi connectivity index (χ1v) is 10.8. The van der Waals surface area contributed by atoms with Crippen molar-refractivity contribution in [3.8, 4) is 11.5 Å². The van der Waals surface area contributed by atoms with Gasteiger partial charge >= 0.3 is 0 Å². The van der Waals surface area contributed by atoms with Crippen LogP contribution in [0, 0.1) is 5.41 Å². The van der Waals surface area contributed by atoms with Gasteiger partial charge in [0, 0.05) is 30.0 Å². The van der Waals surface area contributed by atoms with Gasteiger partial charge in [0.05, 0.1) is 12.3 Å². The summed E-state index contributed by atoms with van der Waals surface area (Å²) in [5.74, 6) is 1.54. The summed E-state index contributed by atoms with van der Waals surface area (Å²) in [5, 5.41) is 4.94. The highest BCUT2D eigenvalue weighted by atomic mass is 35.5. The minimum Gasteiger partial charge on any atom is -0.454 e. The Labute approximate surface area is 187 Å². The van der Waals surface area contributed by atoms with E-state index in [1.54, 1.807) is 0 Å². The molecule has 0 bridgehead atoms. The zero-order valence-electron chi connectivity index (χ0n) is 18.1. The highest BCUT2D eigenvalue weighted by Gasteiger charge is 2.29. The number of oxime groups is 1. The molecule has 1 amide bonds. The number of hydrogen-bond acceptors (Lipinski definition) is 5. The summed E-state index contributed by atoms with van der Waals surface area (Å²) >= 11 is 6.15. The third kappa shape index (κ3) is 5.50. The Bertz CT molecular complexity index is 999. The Hall–Kier alpha value is -2.73. The molecule has 0 saturated heterocycles. The number of carbonyl (C=O) groups is 1. The maximum atomic E-state index is 13.1. The zero-order chi connectivity index (χ0) is 22.0. The minimum absolute atomic E-state index is 0.0904. The van der Waals surface area contributed by atoms with Gasteiger partial charge in [-0.2, -0.15) is 0 Å². The molecular formula is C24H27ClN2O4. The van der Waals surface area contributed by atoms with E-state index in [0.29, 0.717) is 36.7 Å². The van der Waals surface area contributed by atoms with Crippen LogP contribution in [0.25, 0.3) is 0 Å². The number of ether oxygens (including phenoxy) is 2. The van der Waals surface area contributed by atoms with Gasteiger partial charge < -0.3 is 19.2 Å². The third-order valence-corrected chi connectivity index (χ3v) is 5.39. The van der Waals surface area contributed by atoms with Gasteiger partial charge in [0.2, 0.25) is 12.7 Å². The van der Waals surface area contributed by atoms with E-state index in [2.05, 4.69) is 25.9 Å². The van der Waals surface area contributed by atoms with Crippen LogP contribution >= 0.6 is 11.6 Å². The monoisotopic (exact) mass is 442 g/mol. The quantitative estimate of drug-likeness (QED) is 0.629. The Kier molecular flexibility index (Phi) is 6.10. The second kappa shape index (κ2) is 8.79. The largest absolute Gasteiger partial charge is 0.454 e. The van der Waals surface area contributed by atoms with Gasteiger partial charge in [-0.15, -0.1) is 0 Å². The van der Waals surface area contributed by atoms with Crippen molar-refractivity contribution in [1.82, 2.24) is 4.90 Å². The molecule has 6 nitrogen and oxygen atoms in total. The molecule has 0 saturated carbocycles. The highest BCUT2D eigenvalue weighted by molar-refractivity contribution is 6.30. The first kappa shape index (κ1) is 21.5. The summed E-state index contributed by atoms with van der Waals surface area (Å²) in [6.45, 7) is 7.37. The molecule has 0 aromatic heterocycles. The molecule has 0 N–H and O–H groups in total. The van der Waals surface area contributed by atoms with Crippen molar-refractivity contribution in [2.75, 3.05) is 13.3 Å². The molecule has 0 unspecified atom stereocenters. The number of carbonyl (C=O) groups excluding carboxylic acids is 1. The summed E-state index contributed by atoms with van der Waals surface area (Å²) in [6.07, 6.45) is 0.869. The van der Waals surface area contributed by atoms with Crippen LogP contribution in [0.4, 0.5) is 0 Å². The van der Waals surface area contributed by atoms with Crippen molar-refractivity contribution >= 4 is 23.2 Å². The fourth-order valence-corrected chi connectivity index (χ4v) is 3.91. The summed E-state index contributed by atoms with van der Waals surface area (Å²) in [6, 6.07) is 13.4. The molecule has 164 valence electrons. The SMILES string of the molecule is CC(C)(C)CC(=O)N(Cc1cccc(Cl)c1)C[C@H]1CC(c2ccc3c(c2)OCO3)=NO1. The van der Waals surface area contributed by atoms with E-state index in [1.165, 1.54) is 0 Å². The molecule has 0 fully saturated rings. The van der Waals surface area contributed by atoms with Crippen molar-refractivity contribution in [3.05, 3.63) is 58.6 Å². The molecule has 2 heterocycles. The van der Waals surface area contributed by atoms with E-state index in [4.69, 9.17) is 25.9 Å². The van der Waals surface area contributed by atoms with Crippen LogP contribution in [0.3, 0.4) is 0 Å². The van der Waals surface area contributed by atoms with Crippen LogP contribution in [0.5, 0.6) is 11.5 Å². The lowest BCUT2D eigenvalue weighted by Gasteiger charge is -2.28. The van der Waals surface area contributed by atoms with Gasteiger partial charge in [-0.3, -0.25) is 4.79 Å². The van der Waals surface area contributed by atoms with Gasteiger partial charge in [-0.25, -0.2) is 0 Å². The Balaban J connectivity index is 1.45. The second-order valence-electron chi connectivity index (χ2n) is 9.18. The van der Waals surface area contributed by atoms with Crippen LogP contribution in [0.1, 0.15) is 44.7 Å². The van der Waals surface area contributed by atoms with Crippen molar-refractivity contribution in [2.45, 2.75) is 46.3 Å². The predicted molar refractivity (Wildman–Crippen MR) is 120 cm³/mol. The number of nitrogens with zero attached hydrogens (tertiary/aromatic N) is 2. The number of halogens is 1. The van der Waals surface area contributed by atoms with Crippen LogP contribution < -0.4 is 9.47 Å². The lowest BCUT2D eigenvalue weighted by atomic mass is 9.91. The van der Waals surface area contributed by atoms with Crippen molar-refractivity contribution in [2.24, 2.45) is 10.6 Å². The average molecular weight is 443 g/mol. The standard InChI is InChI=1S/C24H27ClN2O4/c1-24(2,3)12-23(28)27(13-16-5-4-6-18(25)9-16)14-19-11-20(26-31-19)17-7-8-21-22(10-17)30-15-29-21/h4-10,19H,11-15H2,1-3H3/t19-/m1/s1. The summed E-state index contributed by atoms with van der Waals surface area (Å²) < 4.78 is 10.8. The van der Waals surface area contributed by atoms with Crippen LogP contribution in [0.2, 0.25) is 5.02 Å². The molecule has 2 aromatic rings. The molecule has 31 heavy (non-hydrogen) atoms. The molecule has 1 atom stereocenters. The number of fused-ring (bicyclic) bond motifs is 1. The number of hydrogen-bond donors (Lipinski definition) is 0. The van der Waals surface area contributed by atoms with Crippen molar-refractivity contribution in [3.63, 3.8) is 0 Å². The predicted octanol–water partition coefficient (Wildman–Crippen LogP) is 5.03. The first-order chi connectivity index (χ1) is 14.8. The maximum Gasteiger partial charge on any atom is 0.231 e. The lowest BCUT2D eigenvalue weighted by molar-refractivity contribution is -0.135. The Morgan fingerprint density at radius 1 is 1.16 bits per heavy atom. The second-order valence-corrected chi connectivity index (χ2v) is 9.62. The van der Waals surface area contributed by atoms with Crippen LogP contribution in [0.15, 0.2) is 47.6 Å². The topological polar surface area (TPSA) is 60.4 Å². The van der Waals surface area contributed by atoms with Crippen LogP contribution in [-0.4, -0.2) is 36.0 Å². The number of benzene rings is 2. The normalized spacial score (nSPS) is 17.3. The molecule has 2 aromatic carbocycles. The summed E-state index contributed by atoms with van der Waals surface area (Å²) in [5.41, 5.74) is 2.67. The summed E-state index contributed by atoms with van der Waals surface area (Å²) in [7, 11) is 0. The molecule has 0 radical (unpaired) electrons. The molecule has 4 rings (SSSR count). The lowest BCUT2D eigenvalue weighted by Crippen LogP contribution is -2.38. The van der Waals surface area contributed by atoms with Crippen molar-refractivity contribution in [1.29, 1.82) is 0 Å². The summed E-state index contributed by atoms with van der Waals surface area (Å²) in [4.78, 5) is 20.6. The first-order valence-electron chi connectivity index (χ1n) is 10.4. The number of rotatable bonds is 6. The average Bonchev–Trinajstić information content (AvgIpc) is 3.35. The molecule has 2 aliphatic heterocycles. The van der Waals surface area contributed by atoms with E-state index in [0.717, 1.165) is 22.6 Å². The third-order valence-electron chi connectivity index (χ3n) is 5.16. The van der Waals surface area contributed by atoms with E-state index in [9.17, 15) is 4.79 Å². The van der Waals surface area contributed by atoms with E-state index >= 15 is 0 Å². The van der Waals surface area contributed by atoms with E-state index in [-0.39, 0.29) is 24.2 Å². The molecule has 7 heteroatoms. The molecular weight excluding hydrogens is 416 g/mol. The van der Waals surface area contributed by atoms with E-state index < -0.39 is 0 Å². The highest BCUT2D eigenvalue weighted by Crippen LogP contribution is 2.34. The smallest absolute Gasteiger partial charge is 0.231 e. The Morgan fingerprint density at radius 2 is 1.97 bits per heavy atom.